The molecule has 0 unspecified atom stereocenters. The fraction of sp³-hybridized carbons (Fsp3) is 0.231. The van der Waals surface area contributed by atoms with Crippen molar-refractivity contribution >= 4 is 34.8 Å². The number of hydrogen-bond donors (Lipinski definition) is 3. The minimum absolute atomic E-state index is 0.295. The van der Waals surface area contributed by atoms with E-state index in [4.69, 9.17) is 28.6 Å². The van der Waals surface area contributed by atoms with Crippen LogP contribution in [0.3, 0.4) is 0 Å². The van der Waals surface area contributed by atoms with Gasteiger partial charge in [-0.3, -0.25) is 15.6 Å². The first kappa shape index (κ1) is 16.3. The molecular weight excluding hydrogens is 298 g/mol. The molecule has 0 aliphatic carbocycles. The normalized spacial score (nSPS) is 11.1. The van der Waals surface area contributed by atoms with Crippen molar-refractivity contribution in [1.82, 2.24) is 16.2 Å². The number of para-hydroxylation sites is 1. The minimum Gasteiger partial charge on any atom is -0.479 e. The average Bonchev–Trinajstić information content (AvgIpc) is 2.44. The number of nitrogens with one attached hydrogen (secondary N) is 3. The minimum atomic E-state index is -0.718. The van der Waals surface area contributed by atoms with Gasteiger partial charge in [0, 0.05) is 6.54 Å². The van der Waals surface area contributed by atoms with Crippen molar-refractivity contribution in [3.63, 3.8) is 0 Å². The third kappa shape index (κ3) is 5.46. The Kier molecular flexibility index (Phi) is 6.83. The summed E-state index contributed by atoms with van der Waals surface area (Å²) in [6, 6.07) is 6.94. The lowest BCUT2D eigenvalue weighted by Gasteiger charge is -2.16. The maximum Gasteiger partial charge on any atom is 0.279 e. The predicted molar refractivity (Wildman–Crippen MR) is 83.6 cm³/mol. The number of thiocarbonyl (C=S) groups is 1. The predicted octanol–water partition coefficient (Wildman–Crippen LogP) is 1.79. The van der Waals surface area contributed by atoms with E-state index in [2.05, 4.69) is 22.7 Å². The summed E-state index contributed by atoms with van der Waals surface area (Å²) in [5.41, 5.74) is 4.99. The molecule has 1 amide bonds. The Bertz CT molecular complexity index is 496. The van der Waals surface area contributed by atoms with E-state index in [0.29, 0.717) is 22.4 Å². The maximum atomic E-state index is 11.8. The zero-order valence-corrected chi connectivity index (χ0v) is 12.6. The van der Waals surface area contributed by atoms with Crippen LogP contribution in [0.5, 0.6) is 5.75 Å². The molecule has 0 spiro atoms. The number of ether oxygens (including phenoxy) is 1. The molecule has 1 aromatic carbocycles. The average molecular weight is 314 g/mol. The fourth-order valence-corrected chi connectivity index (χ4v) is 1.53. The van der Waals surface area contributed by atoms with Crippen LogP contribution in [0.4, 0.5) is 0 Å². The molecule has 7 heteroatoms. The molecular formula is C13H16ClN3O2S. The smallest absolute Gasteiger partial charge is 0.279 e. The van der Waals surface area contributed by atoms with E-state index in [-0.39, 0.29) is 5.91 Å². The summed E-state index contributed by atoms with van der Waals surface area (Å²) in [5.74, 6) is 0.0804. The number of rotatable bonds is 5. The molecule has 1 aromatic rings. The van der Waals surface area contributed by atoms with Gasteiger partial charge in [-0.25, -0.2) is 0 Å². The number of halogens is 1. The van der Waals surface area contributed by atoms with Crippen LogP contribution < -0.4 is 20.9 Å². The summed E-state index contributed by atoms with van der Waals surface area (Å²) in [5, 5.41) is 3.55. The molecule has 0 fully saturated rings. The lowest BCUT2D eigenvalue weighted by molar-refractivity contribution is -0.127. The second kappa shape index (κ2) is 8.39. The highest BCUT2D eigenvalue weighted by atomic mass is 35.5. The van der Waals surface area contributed by atoms with Gasteiger partial charge in [-0.2, -0.15) is 0 Å². The quantitative estimate of drug-likeness (QED) is 0.439. The Balaban J connectivity index is 2.41. The van der Waals surface area contributed by atoms with Crippen LogP contribution in [-0.2, 0) is 4.79 Å². The van der Waals surface area contributed by atoms with Gasteiger partial charge in [-0.1, -0.05) is 29.8 Å². The summed E-state index contributed by atoms with van der Waals surface area (Å²) < 4.78 is 5.46. The zero-order valence-electron chi connectivity index (χ0n) is 11.0. The Morgan fingerprint density at radius 1 is 1.50 bits per heavy atom. The van der Waals surface area contributed by atoms with Crippen LogP contribution in [0.25, 0.3) is 0 Å². The third-order valence-corrected chi connectivity index (χ3v) is 2.77. The first-order chi connectivity index (χ1) is 9.54. The molecule has 0 radical (unpaired) electrons. The van der Waals surface area contributed by atoms with Crippen molar-refractivity contribution in [3.05, 3.63) is 41.9 Å². The highest BCUT2D eigenvalue weighted by Crippen LogP contribution is 2.24. The van der Waals surface area contributed by atoms with Gasteiger partial charge in [0.15, 0.2) is 11.2 Å². The SMILES string of the molecule is C=CCNC(=S)NNC(=O)[C@@H](C)Oc1ccccc1Cl. The van der Waals surface area contributed by atoms with Gasteiger partial charge >= 0.3 is 0 Å². The van der Waals surface area contributed by atoms with Crippen molar-refractivity contribution in [3.8, 4) is 5.75 Å². The highest BCUT2D eigenvalue weighted by molar-refractivity contribution is 7.80. The van der Waals surface area contributed by atoms with Crippen molar-refractivity contribution in [1.29, 1.82) is 0 Å². The summed E-state index contributed by atoms with van der Waals surface area (Å²) in [6.45, 7) is 5.66. The van der Waals surface area contributed by atoms with Crippen LogP contribution in [0.15, 0.2) is 36.9 Å². The number of hydrogen-bond acceptors (Lipinski definition) is 3. The molecule has 1 rings (SSSR count). The van der Waals surface area contributed by atoms with E-state index in [1.54, 1.807) is 37.3 Å². The van der Waals surface area contributed by atoms with Crippen molar-refractivity contribution in [2.24, 2.45) is 0 Å². The van der Waals surface area contributed by atoms with E-state index >= 15 is 0 Å². The molecule has 0 aliphatic heterocycles. The van der Waals surface area contributed by atoms with E-state index in [0.717, 1.165) is 0 Å². The molecule has 0 aromatic heterocycles. The Labute approximate surface area is 128 Å². The van der Waals surface area contributed by atoms with Gasteiger partial charge in [0.05, 0.1) is 5.02 Å². The number of benzene rings is 1. The molecule has 0 aliphatic rings. The van der Waals surface area contributed by atoms with Crippen LogP contribution in [0, 0.1) is 0 Å². The van der Waals surface area contributed by atoms with Crippen molar-refractivity contribution in [2.45, 2.75) is 13.0 Å². The van der Waals surface area contributed by atoms with E-state index in [1.807, 2.05) is 0 Å². The van der Waals surface area contributed by atoms with Gasteiger partial charge in [-0.15, -0.1) is 6.58 Å². The monoisotopic (exact) mass is 313 g/mol. The third-order valence-electron chi connectivity index (χ3n) is 2.22. The molecule has 0 bridgehead atoms. The molecule has 20 heavy (non-hydrogen) atoms. The highest BCUT2D eigenvalue weighted by Gasteiger charge is 2.15. The number of hydrazine groups is 1. The lowest BCUT2D eigenvalue weighted by atomic mass is 10.3. The van der Waals surface area contributed by atoms with Gasteiger partial charge in [-0.05, 0) is 31.3 Å². The van der Waals surface area contributed by atoms with E-state index < -0.39 is 6.10 Å². The molecule has 1 atom stereocenters. The van der Waals surface area contributed by atoms with Gasteiger partial charge in [0.2, 0.25) is 0 Å². The zero-order chi connectivity index (χ0) is 15.0. The lowest BCUT2D eigenvalue weighted by Crippen LogP contribution is -2.50. The topological polar surface area (TPSA) is 62.4 Å². The number of amides is 1. The van der Waals surface area contributed by atoms with Crippen LogP contribution in [0.1, 0.15) is 6.92 Å². The van der Waals surface area contributed by atoms with Crippen molar-refractivity contribution in [2.75, 3.05) is 6.54 Å². The number of carbonyl (C=O) groups excluding carboxylic acids is 1. The molecule has 0 saturated carbocycles. The molecule has 0 heterocycles. The van der Waals surface area contributed by atoms with E-state index in [9.17, 15) is 4.79 Å². The van der Waals surface area contributed by atoms with E-state index in [1.165, 1.54) is 0 Å². The van der Waals surface area contributed by atoms with Crippen LogP contribution >= 0.6 is 23.8 Å². The second-order valence-electron chi connectivity index (χ2n) is 3.80. The first-order valence-corrected chi connectivity index (χ1v) is 6.69. The van der Waals surface area contributed by atoms with Crippen molar-refractivity contribution < 1.29 is 9.53 Å². The maximum absolute atomic E-state index is 11.8. The number of carbonyl (C=O) groups is 1. The largest absolute Gasteiger partial charge is 0.479 e. The van der Waals surface area contributed by atoms with Gasteiger partial charge in [0.1, 0.15) is 5.75 Å². The molecule has 5 nitrogen and oxygen atoms in total. The van der Waals surface area contributed by atoms with Crippen LogP contribution in [0.2, 0.25) is 5.02 Å². The summed E-state index contributed by atoms with van der Waals surface area (Å²) in [4.78, 5) is 11.8. The summed E-state index contributed by atoms with van der Waals surface area (Å²) >= 11 is 10.9. The Hall–Kier alpha value is -1.79. The molecule has 3 N–H and O–H groups in total. The first-order valence-electron chi connectivity index (χ1n) is 5.90. The Morgan fingerprint density at radius 2 is 2.20 bits per heavy atom. The second-order valence-corrected chi connectivity index (χ2v) is 4.62. The van der Waals surface area contributed by atoms with Gasteiger partial charge in [0.25, 0.3) is 5.91 Å². The molecule has 0 saturated heterocycles. The summed E-state index contributed by atoms with van der Waals surface area (Å²) in [7, 11) is 0. The van der Waals surface area contributed by atoms with Crippen LogP contribution in [-0.4, -0.2) is 23.7 Å². The summed E-state index contributed by atoms with van der Waals surface area (Å²) in [6.07, 6.45) is 0.934. The van der Waals surface area contributed by atoms with Gasteiger partial charge < -0.3 is 10.1 Å². The standard InChI is InChI=1S/C13H16ClN3O2S/c1-3-8-15-13(20)17-16-12(18)9(2)19-11-7-5-4-6-10(11)14/h3-7,9H,1,8H2,2H3,(H,16,18)(H2,15,17,20)/t9-/m1/s1. The molecule has 108 valence electrons. The Morgan fingerprint density at radius 3 is 2.85 bits per heavy atom. The fourth-order valence-electron chi connectivity index (χ4n) is 1.21.